The summed E-state index contributed by atoms with van der Waals surface area (Å²) in [6.45, 7) is 3.85. The number of hydrogen-bond donors (Lipinski definition) is 5. The Bertz CT molecular complexity index is 246. The van der Waals surface area contributed by atoms with Crippen LogP contribution in [0.1, 0.15) is 13.8 Å². The van der Waals surface area contributed by atoms with Crippen LogP contribution in [0.4, 0.5) is 0 Å². The average molecular weight is 283 g/mol. The zero-order valence-electron chi connectivity index (χ0n) is 11.2. The molecule has 114 valence electrons. The minimum atomic E-state index is -2.27. The molecule has 0 aliphatic rings. The first-order chi connectivity index (χ1) is 8.67. The third-order valence-electron chi connectivity index (χ3n) is 1.98. The fraction of sp³-hybridized carbons (Fsp3) is 0.800. The van der Waals surface area contributed by atoms with Gasteiger partial charge in [-0.3, -0.25) is 5.32 Å². The molecule has 4 unspecified atom stereocenters. The molecule has 4 atom stereocenters. The van der Waals surface area contributed by atoms with Gasteiger partial charge in [-0.05, 0) is 13.8 Å². The van der Waals surface area contributed by atoms with Crippen LogP contribution in [0, 0.1) is 0 Å². The Hall–Kier alpha value is -1.26. The van der Waals surface area contributed by atoms with E-state index in [0.29, 0.717) is 0 Å². The summed E-state index contributed by atoms with van der Waals surface area (Å²) < 4.78 is 9.86. The second-order valence-corrected chi connectivity index (χ2v) is 3.49. The predicted octanol–water partition coefficient (Wildman–Crippen LogP) is -1.56. The summed E-state index contributed by atoms with van der Waals surface area (Å²) in [4.78, 5) is 19.5. The van der Waals surface area contributed by atoms with Crippen molar-refractivity contribution in [2.24, 2.45) is 0 Å². The van der Waals surface area contributed by atoms with Crippen molar-refractivity contribution < 1.29 is 39.5 Å². The first kappa shape index (κ1) is 20.1. The number of aliphatic hydroxyl groups is 2. The largest absolute Gasteiger partial charge is 0.479 e. The van der Waals surface area contributed by atoms with E-state index in [1.54, 1.807) is 14.2 Å². The number of carboxylic acids is 2. The van der Waals surface area contributed by atoms with Gasteiger partial charge in [-0.2, -0.15) is 0 Å². The second-order valence-electron chi connectivity index (χ2n) is 3.49. The lowest BCUT2D eigenvalue weighted by Gasteiger charge is -2.16. The van der Waals surface area contributed by atoms with Crippen LogP contribution >= 0.6 is 0 Å². The first-order valence-corrected chi connectivity index (χ1v) is 5.30. The number of carboxylic acid groups (broad SMARTS) is 2. The molecule has 0 spiro atoms. The van der Waals surface area contributed by atoms with E-state index in [2.05, 4.69) is 5.32 Å². The maximum Gasteiger partial charge on any atom is 0.335 e. The molecule has 9 heteroatoms. The highest BCUT2D eigenvalue weighted by Crippen LogP contribution is 1.92. The van der Waals surface area contributed by atoms with Crippen molar-refractivity contribution >= 4 is 11.9 Å². The molecule has 0 bridgehead atoms. The van der Waals surface area contributed by atoms with Gasteiger partial charge in [0.15, 0.2) is 12.2 Å². The quantitative estimate of drug-likeness (QED) is 0.350. The van der Waals surface area contributed by atoms with Gasteiger partial charge < -0.3 is 29.9 Å². The zero-order chi connectivity index (χ0) is 15.6. The smallest absolute Gasteiger partial charge is 0.335 e. The normalized spacial score (nSPS) is 16.5. The van der Waals surface area contributed by atoms with Crippen molar-refractivity contribution in [2.45, 2.75) is 38.5 Å². The van der Waals surface area contributed by atoms with Crippen molar-refractivity contribution in [2.75, 3.05) is 14.2 Å². The molecule has 9 nitrogen and oxygen atoms in total. The van der Waals surface area contributed by atoms with E-state index in [1.807, 2.05) is 13.8 Å². The van der Waals surface area contributed by atoms with E-state index in [4.69, 9.17) is 29.9 Å². The highest BCUT2D eigenvalue weighted by atomic mass is 16.5. The fourth-order valence-corrected chi connectivity index (χ4v) is 0.737. The second kappa shape index (κ2) is 10.6. The number of aliphatic hydroxyl groups excluding tert-OH is 2. The minimum absolute atomic E-state index is 0.0555. The van der Waals surface area contributed by atoms with Crippen molar-refractivity contribution in [1.82, 2.24) is 5.32 Å². The number of ether oxygens (including phenoxy) is 2. The average Bonchev–Trinajstić information content (AvgIpc) is 2.36. The number of nitrogens with one attached hydrogen (secondary N) is 1. The Morgan fingerprint density at radius 1 is 0.895 bits per heavy atom. The summed E-state index contributed by atoms with van der Waals surface area (Å²) in [5.74, 6) is -3.54. The van der Waals surface area contributed by atoms with Gasteiger partial charge in [0.05, 0.1) is 0 Å². The standard InChI is InChI=1S/C6H15NO2.C4H6O6/c1-5(8-3)7-6(2)9-4;5-1(3(7)8)2(6)4(9)10/h5-7H,1-4H3;1-2,5-6H,(H,7,8)(H,9,10). The van der Waals surface area contributed by atoms with E-state index < -0.39 is 24.1 Å². The Kier molecular flexibility index (Phi) is 11.2. The third kappa shape index (κ3) is 10.4. The number of rotatable bonds is 7. The maximum atomic E-state index is 9.77. The van der Waals surface area contributed by atoms with Crippen LogP contribution in [0.25, 0.3) is 0 Å². The lowest BCUT2D eigenvalue weighted by atomic mass is 10.2. The summed E-state index contributed by atoms with van der Waals surface area (Å²) in [5, 5.41) is 35.6. The molecule has 19 heavy (non-hydrogen) atoms. The summed E-state index contributed by atoms with van der Waals surface area (Å²) in [6.07, 6.45) is -4.42. The molecule has 0 aromatic carbocycles. The van der Waals surface area contributed by atoms with Crippen LogP contribution in [0.3, 0.4) is 0 Å². The first-order valence-electron chi connectivity index (χ1n) is 5.30. The molecule has 0 aliphatic carbocycles. The molecule has 5 N–H and O–H groups in total. The van der Waals surface area contributed by atoms with Gasteiger partial charge in [0.1, 0.15) is 12.5 Å². The molecule has 0 amide bonds. The molecule has 0 fully saturated rings. The van der Waals surface area contributed by atoms with Gasteiger partial charge in [0.25, 0.3) is 0 Å². The summed E-state index contributed by atoms with van der Waals surface area (Å²) >= 11 is 0. The number of carbonyl (C=O) groups is 2. The van der Waals surface area contributed by atoms with Gasteiger partial charge in [-0.25, -0.2) is 9.59 Å². The minimum Gasteiger partial charge on any atom is -0.479 e. The van der Waals surface area contributed by atoms with Crippen molar-refractivity contribution in [3.63, 3.8) is 0 Å². The fourth-order valence-electron chi connectivity index (χ4n) is 0.737. The van der Waals surface area contributed by atoms with Crippen molar-refractivity contribution in [1.29, 1.82) is 0 Å². The van der Waals surface area contributed by atoms with Gasteiger partial charge >= 0.3 is 11.9 Å². The molecule has 0 rings (SSSR count). The van der Waals surface area contributed by atoms with E-state index in [9.17, 15) is 9.59 Å². The molecule has 0 aromatic heterocycles. The highest BCUT2D eigenvalue weighted by molar-refractivity contribution is 5.83. The number of aliphatic carboxylic acids is 2. The SMILES string of the molecule is COC(C)NC(C)OC.O=C(O)C(O)C(O)C(=O)O. The Labute approximate surface area is 110 Å². The van der Waals surface area contributed by atoms with Crippen LogP contribution in [-0.2, 0) is 19.1 Å². The molecule has 0 aliphatic heterocycles. The van der Waals surface area contributed by atoms with Crippen molar-refractivity contribution in [3.05, 3.63) is 0 Å². The summed E-state index contributed by atoms with van der Waals surface area (Å²) in [6, 6.07) is 0. The molecule has 0 radical (unpaired) electrons. The van der Waals surface area contributed by atoms with Crippen LogP contribution in [-0.4, -0.2) is 71.2 Å². The maximum absolute atomic E-state index is 9.77. The number of hydrogen-bond acceptors (Lipinski definition) is 7. The molecule has 0 heterocycles. The predicted molar refractivity (Wildman–Crippen MR) is 63.4 cm³/mol. The van der Waals surface area contributed by atoms with E-state index in [-0.39, 0.29) is 12.5 Å². The van der Waals surface area contributed by atoms with Crippen LogP contribution in [0.5, 0.6) is 0 Å². The van der Waals surface area contributed by atoms with Crippen LogP contribution in [0.2, 0.25) is 0 Å². The topological polar surface area (TPSA) is 146 Å². The summed E-state index contributed by atoms with van der Waals surface area (Å²) in [7, 11) is 3.31. The Morgan fingerprint density at radius 3 is 1.32 bits per heavy atom. The Morgan fingerprint density at radius 2 is 1.16 bits per heavy atom. The zero-order valence-corrected chi connectivity index (χ0v) is 11.2. The lowest BCUT2D eigenvalue weighted by molar-refractivity contribution is -0.165. The number of methoxy groups -OCH3 is 2. The van der Waals surface area contributed by atoms with E-state index >= 15 is 0 Å². The molecular formula is C10H21NO8. The van der Waals surface area contributed by atoms with E-state index in [0.717, 1.165) is 0 Å². The third-order valence-corrected chi connectivity index (χ3v) is 1.98. The molecule has 0 saturated carbocycles. The molecule has 0 saturated heterocycles. The molecule has 0 aromatic rings. The van der Waals surface area contributed by atoms with Gasteiger partial charge in [-0.1, -0.05) is 0 Å². The lowest BCUT2D eigenvalue weighted by Crippen LogP contribution is -2.39. The van der Waals surface area contributed by atoms with Crippen LogP contribution < -0.4 is 5.32 Å². The monoisotopic (exact) mass is 283 g/mol. The Balaban J connectivity index is 0. The highest BCUT2D eigenvalue weighted by Gasteiger charge is 2.29. The summed E-state index contributed by atoms with van der Waals surface area (Å²) in [5.41, 5.74) is 0. The van der Waals surface area contributed by atoms with Gasteiger partial charge in [0.2, 0.25) is 0 Å². The van der Waals surface area contributed by atoms with E-state index in [1.165, 1.54) is 0 Å². The van der Waals surface area contributed by atoms with Crippen LogP contribution in [0.15, 0.2) is 0 Å². The van der Waals surface area contributed by atoms with Gasteiger partial charge in [0, 0.05) is 14.2 Å². The molecular weight excluding hydrogens is 262 g/mol. The van der Waals surface area contributed by atoms with Gasteiger partial charge in [-0.15, -0.1) is 0 Å². The van der Waals surface area contributed by atoms with Crippen molar-refractivity contribution in [3.8, 4) is 0 Å².